The molecule has 0 spiro atoms. The van der Waals surface area contributed by atoms with E-state index in [0.29, 0.717) is 17.5 Å². The molecule has 0 radical (unpaired) electrons. The Labute approximate surface area is 93.9 Å². The monoisotopic (exact) mass is 227 g/mol. The highest BCUT2D eigenvalue weighted by molar-refractivity contribution is 7.15. The number of carbonyl (C=O) groups excluding carboxylic acids is 1. The second-order valence-corrected chi connectivity index (χ2v) is 5.17. The minimum absolute atomic E-state index is 0.0643. The molecule has 0 saturated heterocycles. The van der Waals surface area contributed by atoms with Crippen LogP contribution >= 0.6 is 11.3 Å². The maximum absolute atomic E-state index is 11.5. The van der Waals surface area contributed by atoms with Gasteiger partial charge in [0, 0.05) is 23.5 Å². The number of rotatable bonds is 4. The van der Waals surface area contributed by atoms with Crippen molar-refractivity contribution in [2.75, 3.05) is 5.32 Å². The number of aryl methyl sites for hydroxylation is 1. The molecule has 1 amide bonds. The van der Waals surface area contributed by atoms with Crippen molar-refractivity contribution in [3.05, 3.63) is 11.1 Å². The topological polar surface area (TPSA) is 68.0 Å². The van der Waals surface area contributed by atoms with Crippen molar-refractivity contribution in [1.29, 1.82) is 0 Å². The average Bonchev–Trinajstić information content (AvgIpc) is 2.50. The molecule has 0 aliphatic heterocycles. The fourth-order valence-corrected chi connectivity index (χ4v) is 1.71. The minimum atomic E-state index is -0.0916. The lowest BCUT2D eigenvalue weighted by atomic mass is 10.0. The average molecular weight is 227 g/mol. The van der Waals surface area contributed by atoms with E-state index >= 15 is 0 Å². The first-order chi connectivity index (χ1) is 6.99. The van der Waals surface area contributed by atoms with Crippen molar-refractivity contribution in [1.82, 2.24) is 4.98 Å². The predicted octanol–water partition coefficient (Wildman–Crippen LogP) is 1.76. The zero-order valence-electron chi connectivity index (χ0n) is 9.28. The van der Waals surface area contributed by atoms with Crippen molar-refractivity contribution in [2.45, 2.75) is 33.2 Å². The van der Waals surface area contributed by atoms with Gasteiger partial charge in [-0.1, -0.05) is 13.8 Å². The molecule has 15 heavy (non-hydrogen) atoms. The second-order valence-electron chi connectivity index (χ2n) is 3.94. The summed E-state index contributed by atoms with van der Waals surface area (Å²) in [5.74, 6) is 0.249. The minimum Gasteiger partial charge on any atom is -0.327 e. The van der Waals surface area contributed by atoms with E-state index in [4.69, 9.17) is 5.73 Å². The van der Waals surface area contributed by atoms with Gasteiger partial charge in [-0.2, -0.15) is 0 Å². The van der Waals surface area contributed by atoms with Crippen LogP contribution in [0.15, 0.2) is 6.20 Å². The SMILES string of the molecule is Cc1cnc(NC(=O)CC(N)C(C)C)s1. The summed E-state index contributed by atoms with van der Waals surface area (Å²) in [5, 5.41) is 3.38. The van der Waals surface area contributed by atoms with Gasteiger partial charge in [-0.25, -0.2) is 4.98 Å². The smallest absolute Gasteiger partial charge is 0.227 e. The molecule has 1 aromatic heterocycles. The number of nitrogens with zero attached hydrogens (tertiary/aromatic N) is 1. The van der Waals surface area contributed by atoms with Gasteiger partial charge in [0.15, 0.2) is 5.13 Å². The van der Waals surface area contributed by atoms with Crippen LogP contribution in [0.5, 0.6) is 0 Å². The van der Waals surface area contributed by atoms with Crippen LogP contribution in [-0.2, 0) is 4.79 Å². The number of aromatic nitrogens is 1. The zero-order chi connectivity index (χ0) is 11.4. The first-order valence-corrected chi connectivity index (χ1v) is 5.78. The van der Waals surface area contributed by atoms with Crippen molar-refractivity contribution < 1.29 is 4.79 Å². The molecule has 3 N–H and O–H groups in total. The Morgan fingerprint density at radius 3 is 2.80 bits per heavy atom. The first-order valence-electron chi connectivity index (χ1n) is 4.97. The van der Waals surface area contributed by atoms with Crippen LogP contribution in [0.1, 0.15) is 25.1 Å². The van der Waals surface area contributed by atoms with E-state index in [0.717, 1.165) is 4.88 Å². The Balaban J connectivity index is 2.43. The lowest BCUT2D eigenvalue weighted by Gasteiger charge is -2.14. The molecule has 4 nitrogen and oxygen atoms in total. The Morgan fingerprint density at radius 1 is 1.67 bits per heavy atom. The second kappa shape index (κ2) is 5.23. The summed E-state index contributed by atoms with van der Waals surface area (Å²) in [6.07, 6.45) is 2.08. The lowest BCUT2D eigenvalue weighted by molar-refractivity contribution is -0.116. The van der Waals surface area contributed by atoms with Crippen molar-refractivity contribution in [2.24, 2.45) is 11.7 Å². The van der Waals surface area contributed by atoms with E-state index < -0.39 is 0 Å². The number of thiazole rings is 1. The molecule has 0 aliphatic carbocycles. The molecule has 84 valence electrons. The van der Waals surface area contributed by atoms with E-state index in [9.17, 15) is 4.79 Å². The Bertz CT molecular complexity index is 335. The summed E-state index contributed by atoms with van der Waals surface area (Å²) < 4.78 is 0. The number of amides is 1. The molecule has 0 fully saturated rings. The van der Waals surface area contributed by atoms with Gasteiger partial charge in [-0.05, 0) is 12.8 Å². The quantitative estimate of drug-likeness (QED) is 0.823. The fourth-order valence-electron chi connectivity index (χ4n) is 1.03. The van der Waals surface area contributed by atoms with E-state index in [1.807, 2.05) is 20.8 Å². The number of nitrogens with one attached hydrogen (secondary N) is 1. The van der Waals surface area contributed by atoms with Gasteiger partial charge < -0.3 is 11.1 Å². The first kappa shape index (κ1) is 12.1. The highest BCUT2D eigenvalue weighted by atomic mass is 32.1. The third-order valence-electron chi connectivity index (χ3n) is 2.15. The van der Waals surface area contributed by atoms with Gasteiger partial charge in [-0.15, -0.1) is 11.3 Å². The van der Waals surface area contributed by atoms with Crippen LogP contribution in [0.3, 0.4) is 0 Å². The number of hydrogen-bond donors (Lipinski definition) is 2. The summed E-state index contributed by atoms with van der Waals surface area (Å²) in [4.78, 5) is 16.6. The van der Waals surface area contributed by atoms with E-state index in [1.165, 1.54) is 11.3 Å². The van der Waals surface area contributed by atoms with E-state index in [-0.39, 0.29) is 11.9 Å². The molecular weight excluding hydrogens is 210 g/mol. The Morgan fingerprint density at radius 2 is 2.33 bits per heavy atom. The summed E-state index contributed by atoms with van der Waals surface area (Å²) in [7, 11) is 0. The van der Waals surface area contributed by atoms with Gasteiger partial charge in [0.2, 0.25) is 5.91 Å². The largest absolute Gasteiger partial charge is 0.327 e. The maximum Gasteiger partial charge on any atom is 0.227 e. The standard InChI is InChI=1S/C10H17N3OS/c1-6(2)8(11)4-9(14)13-10-12-5-7(3)15-10/h5-6,8H,4,11H2,1-3H3,(H,12,13,14). The van der Waals surface area contributed by atoms with E-state index in [2.05, 4.69) is 10.3 Å². The molecule has 1 unspecified atom stereocenters. The predicted molar refractivity (Wildman–Crippen MR) is 62.9 cm³/mol. The number of carbonyl (C=O) groups is 1. The van der Waals surface area contributed by atoms with Crippen LogP contribution in [0.25, 0.3) is 0 Å². The number of hydrogen-bond acceptors (Lipinski definition) is 4. The van der Waals surface area contributed by atoms with Gasteiger partial charge in [-0.3, -0.25) is 4.79 Å². The van der Waals surface area contributed by atoms with Gasteiger partial charge in [0.1, 0.15) is 0 Å². The molecule has 1 aromatic rings. The molecule has 0 bridgehead atoms. The summed E-state index contributed by atoms with van der Waals surface area (Å²) in [5.41, 5.74) is 5.80. The molecule has 1 heterocycles. The highest BCUT2D eigenvalue weighted by Gasteiger charge is 2.13. The highest BCUT2D eigenvalue weighted by Crippen LogP contribution is 2.17. The number of nitrogens with two attached hydrogens (primary N) is 1. The van der Waals surface area contributed by atoms with Crippen molar-refractivity contribution in [3.63, 3.8) is 0 Å². The summed E-state index contributed by atoms with van der Waals surface area (Å²) in [6, 6.07) is -0.0916. The van der Waals surface area contributed by atoms with Gasteiger partial charge >= 0.3 is 0 Å². The Kier molecular flexibility index (Phi) is 4.23. The Hall–Kier alpha value is -0.940. The fraction of sp³-hybridized carbons (Fsp3) is 0.600. The van der Waals surface area contributed by atoms with Gasteiger partial charge in [0.05, 0.1) is 0 Å². The molecule has 0 saturated carbocycles. The molecule has 0 aliphatic rings. The van der Waals surface area contributed by atoms with Crippen LogP contribution in [-0.4, -0.2) is 16.9 Å². The van der Waals surface area contributed by atoms with Crippen LogP contribution < -0.4 is 11.1 Å². The van der Waals surface area contributed by atoms with Crippen molar-refractivity contribution >= 4 is 22.4 Å². The summed E-state index contributed by atoms with van der Waals surface area (Å²) in [6.45, 7) is 5.96. The normalized spacial score (nSPS) is 12.9. The molecule has 0 aromatic carbocycles. The zero-order valence-corrected chi connectivity index (χ0v) is 10.1. The van der Waals surface area contributed by atoms with Crippen LogP contribution in [0.4, 0.5) is 5.13 Å². The maximum atomic E-state index is 11.5. The molecular formula is C10H17N3OS. The lowest BCUT2D eigenvalue weighted by Crippen LogP contribution is -2.31. The third-order valence-corrected chi connectivity index (χ3v) is 2.97. The van der Waals surface area contributed by atoms with Crippen LogP contribution in [0.2, 0.25) is 0 Å². The van der Waals surface area contributed by atoms with Crippen molar-refractivity contribution in [3.8, 4) is 0 Å². The summed E-state index contributed by atoms with van der Waals surface area (Å²) >= 11 is 1.47. The van der Waals surface area contributed by atoms with E-state index in [1.54, 1.807) is 6.20 Å². The molecule has 5 heteroatoms. The molecule has 1 rings (SSSR count). The number of anilines is 1. The van der Waals surface area contributed by atoms with Crippen LogP contribution in [0, 0.1) is 12.8 Å². The molecule has 1 atom stereocenters. The van der Waals surface area contributed by atoms with Gasteiger partial charge in [0.25, 0.3) is 0 Å². The third kappa shape index (κ3) is 3.97.